The molecule has 26 heavy (non-hydrogen) atoms. The van der Waals surface area contributed by atoms with Crippen molar-refractivity contribution in [1.82, 2.24) is 0 Å². The third-order valence-corrected chi connectivity index (χ3v) is 5.98. The number of thiophene rings is 1. The summed E-state index contributed by atoms with van der Waals surface area (Å²) in [6, 6.07) is 9.07. The Kier molecular flexibility index (Phi) is 6.09. The molecule has 0 saturated heterocycles. The van der Waals surface area contributed by atoms with Gasteiger partial charge in [0, 0.05) is 10.4 Å². The number of nitrogens with one attached hydrogen (secondary N) is 1. The second kappa shape index (κ2) is 8.49. The average molecular weight is 372 g/mol. The number of anilines is 1. The van der Waals surface area contributed by atoms with Gasteiger partial charge in [-0.15, -0.1) is 11.3 Å². The van der Waals surface area contributed by atoms with E-state index in [-0.39, 0.29) is 11.9 Å². The maximum atomic E-state index is 12.6. The van der Waals surface area contributed by atoms with Crippen molar-refractivity contribution in [2.24, 2.45) is 5.92 Å². The number of hydrogen-bond acceptors (Lipinski definition) is 4. The molecule has 138 valence electrons. The predicted molar refractivity (Wildman–Crippen MR) is 105 cm³/mol. The fraction of sp³-hybridized carbons (Fsp3) is 0.429. The van der Waals surface area contributed by atoms with Gasteiger partial charge in [0.25, 0.3) is 5.91 Å². The lowest BCUT2D eigenvalue weighted by molar-refractivity contribution is 0.0526. The molecule has 1 amide bonds. The minimum atomic E-state index is -0.331. The Morgan fingerprint density at radius 2 is 2.00 bits per heavy atom. The highest BCUT2D eigenvalue weighted by Gasteiger charge is 2.30. The van der Waals surface area contributed by atoms with Crippen LogP contribution in [0, 0.1) is 5.92 Å². The molecule has 1 aromatic heterocycles. The topological polar surface area (TPSA) is 55.4 Å². The quantitative estimate of drug-likeness (QED) is 0.720. The summed E-state index contributed by atoms with van der Waals surface area (Å²) in [5.74, 6) is 0.140. The lowest BCUT2D eigenvalue weighted by atomic mass is 9.84. The van der Waals surface area contributed by atoms with Gasteiger partial charge in [-0.3, -0.25) is 4.79 Å². The smallest absolute Gasteiger partial charge is 0.341 e. The first-order chi connectivity index (χ1) is 12.6. The Morgan fingerprint density at radius 1 is 1.23 bits per heavy atom. The summed E-state index contributed by atoms with van der Waals surface area (Å²) in [6.45, 7) is 4.34. The summed E-state index contributed by atoms with van der Waals surface area (Å²) in [4.78, 5) is 26.4. The fourth-order valence-electron chi connectivity index (χ4n) is 3.58. The number of ether oxygens (including phenoxy) is 1. The standard InChI is InChI=1S/C21H25NO3S/c1-3-8-14-11-12-16-17(13-14)26-20(18(16)21(24)25-4-2)22-19(23)15-9-6-5-7-10-15/h5-7,9-10,14H,3-4,8,11-13H2,1-2H3,(H,22,23). The van der Waals surface area contributed by atoms with Crippen molar-refractivity contribution in [2.45, 2.75) is 46.0 Å². The van der Waals surface area contributed by atoms with E-state index in [4.69, 9.17) is 4.74 Å². The van der Waals surface area contributed by atoms with E-state index in [1.54, 1.807) is 19.1 Å². The molecular weight excluding hydrogens is 346 g/mol. The molecule has 0 fully saturated rings. The molecule has 1 N–H and O–H groups in total. The molecule has 0 radical (unpaired) electrons. The molecule has 0 bridgehead atoms. The van der Waals surface area contributed by atoms with Crippen LogP contribution < -0.4 is 5.32 Å². The van der Waals surface area contributed by atoms with Gasteiger partial charge in [0.1, 0.15) is 5.00 Å². The van der Waals surface area contributed by atoms with Gasteiger partial charge in [-0.1, -0.05) is 38.0 Å². The second-order valence-electron chi connectivity index (χ2n) is 6.65. The Labute approximate surface area is 158 Å². The summed E-state index contributed by atoms with van der Waals surface area (Å²) >= 11 is 1.54. The first kappa shape index (κ1) is 18.6. The molecule has 1 aliphatic carbocycles. The summed E-state index contributed by atoms with van der Waals surface area (Å²) in [5, 5.41) is 3.57. The van der Waals surface area contributed by atoms with Crippen LogP contribution in [-0.2, 0) is 17.6 Å². The summed E-state index contributed by atoms with van der Waals surface area (Å²) < 4.78 is 5.27. The molecule has 4 nitrogen and oxygen atoms in total. The van der Waals surface area contributed by atoms with E-state index in [0.29, 0.717) is 28.7 Å². The van der Waals surface area contributed by atoms with Crippen molar-refractivity contribution in [2.75, 3.05) is 11.9 Å². The molecule has 2 aromatic rings. The molecule has 3 rings (SSSR count). The number of esters is 1. The number of carbonyl (C=O) groups is 2. The van der Waals surface area contributed by atoms with Crippen molar-refractivity contribution < 1.29 is 14.3 Å². The largest absolute Gasteiger partial charge is 0.462 e. The van der Waals surface area contributed by atoms with Crippen LogP contribution in [0.1, 0.15) is 64.3 Å². The SMILES string of the molecule is CCCC1CCc2c(sc(NC(=O)c3ccccc3)c2C(=O)OCC)C1. The number of fused-ring (bicyclic) bond motifs is 1. The minimum Gasteiger partial charge on any atom is -0.462 e. The lowest BCUT2D eigenvalue weighted by Gasteiger charge is -2.21. The van der Waals surface area contributed by atoms with E-state index in [1.165, 1.54) is 29.1 Å². The van der Waals surface area contributed by atoms with Crippen LogP contribution >= 0.6 is 11.3 Å². The number of rotatable bonds is 6. The van der Waals surface area contributed by atoms with Gasteiger partial charge >= 0.3 is 5.97 Å². The summed E-state index contributed by atoms with van der Waals surface area (Å²) in [5.41, 5.74) is 2.22. The Balaban J connectivity index is 1.91. The van der Waals surface area contributed by atoms with Crippen LogP contribution in [0.4, 0.5) is 5.00 Å². The van der Waals surface area contributed by atoms with Gasteiger partial charge in [0.05, 0.1) is 12.2 Å². The normalized spacial score (nSPS) is 16.0. The highest BCUT2D eigenvalue weighted by atomic mass is 32.1. The first-order valence-corrected chi connectivity index (χ1v) is 10.1. The highest BCUT2D eigenvalue weighted by molar-refractivity contribution is 7.17. The molecule has 1 atom stereocenters. The van der Waals surface area contributed by atoms with Gasteiger partial charge in [-0.05, 0) is 49.8 Å². The molecule has 1 aliphatic rings. The van der Waals surface area contributed by atoms with E-state index < -0.39 is 0 Å². The molecule has 0 saturated carbocycles. The molecule has 0 spiro atoms. The molecule has 1 heterocycles. The van der Waals surface area contributed by atoms with Crippen molar-refractivity contribution in [3.8, 4) is 0 Å². The van der Waals surface area contributed by atoms with E-state index in [9.17, 15) is 9.59 Å². The lowest BCUT2D eigenvalue weighted by Crippen LogP contribution is -2.17. The zero-order chi connectivity index (χ0) is 18.5. The van der Waals surface area contributed by atoms with Crippen LogP contribution in [0.2, 0.25) is 0 Å². The molecule has 5 heteroatoms. The average Bonchev–Trinajstić information content (AvgIpc) is 3.00. The number of hydrogen-bond donors (Lipinski definition) is 1. The van der Waals surface area contributed by atoms with Crippen LogP contribution in [-0.4, -0.2) is 18.5 Å². The van der Waals surface area contributed by atoms with Crippen molar-refractivity contribution in [1.29, 1.82) is 0 Å². The van der Waals surface area contributed by atoms with E-state index in [1.807, 2.05) is 18.2 Å². The summed E-state index contributed by atoms with van der Waals surface area (Å²) in [7, 11) is 0. The highest BCUT2D eigenvalue weighted by Crippen LogP contribution is 2.41. The van der Waals surface area contributed by atoms with E-state index in [0.717, 1.165) is 24.8 Å². The van der Waals surface area contributed by atoms with Gasteiger partial charge in [-0.2, -0.15) is 0 Å². The number of benzene rings is 1. The van der Waals surface area contributed by atoms with Crippen LogP contribution in [0.25, 0.3) is 0 Å². The maximum Gasteiger partial charge on any atom is 0.341 e. The Bertz CT molecular complexity index is 782. The second-order valence-corrected chi connectivity index (χ2v) is 7.75. The predicted octanol–water partition coefficient (Wildman–Crippen LogP) is 5.08. The third-order valence-electron chi connectivity index (χ3n) is 4.81. The monoisotopic (exact) mass is 371 g/mol. The zero-order valence-electron chi connectivity index (χ0n) is 15.3. The Morgan fingerprint density at radius 3 is 2.69 bits per heavy atom. The van der Waals surface area contributed by atoms with E-state index >= 15 is 0 Å². The first-order valence-electron chi connectivity index (χ1n) is 9.32. The van der Waals surface area contributed by atoms with Crippen molar-refractivity contribution >= 4 is 28.2 Å². The van der Waals surface area contributed by atoms with Crippen LogP contribution in [0.5, 0.6) is 0 Å². The van der Waals surface area contributed by atoms with Crippen molar-refractivity contribution in [3.63, 3.8) is 0 Å². The van der Waals surface area contributed by atoms with Crippen molar-refractivity contribution in [3.05, 3.63) is 51.9 Å². The van der Waals surface area contributed by atoms with Gasteiger partial charge < -0.3 is 10.1 Å². The Hall–Kier alpha value is -2.14. The van der Waals surface area contributed by atoms with Gasteiger partial charge in [0.2, 0.25) is 0 Å². The van der Waals surface area contributed by atoms with Gasteiger partial charge in [-0.25, -0.2) is 4.79 Å². The zero-order valence-corrected chi connectivity index (χ0v) is 16.2. The maximum absolute atomic E-state index is 12.6. The summed E-state index contributed by atoms with van der Waals surface area (Å²) in [6.07, 6.45) is 5.34. The van der Waals surface area contributed by atoms with Gasteiger partial charge in [0.15, 0.2) is 0 Å². The van der Waals surface area contributed by atoms with Crippen LogP contribution in [0.15, 0.2) is 30.3 Å². The third kappa shape index (κ3) is 3.98. The van der Waals surface area contributed by atoms with Crippen LogP contribution in [0.3, 0.4) is 0 Å². The molecule has 1 aromatic carbocycles. The van der Waals surface area contributed by atoms with E-state index in [2.05, 4.69) is 12.2 Å². The fourth-order valence-corrected chi connectivity index (χ4v) is 4.93. The number of carbonyl (C=O) groups excluding carboxylic acids is 2. The molecule has 0 aliphatic heterocycles. The molecular formula is C21H25NO3S. The number of amides is 1. The minimum absolute atomic E-state index is 0.195. The molecule has 1 unspecified atom stereocenters.